The van der Waals surface area contributed by atoms with Crippen LogP contribution in [0.5, 0.6) is 0 Å². The lowest BCUT2D eigenvalue weighted by Gasteiger charge is -2.32. The highest BCUT2D eigenvalue weighted by molar-refractivity contribution is 5.69. The van der Waals surface area contributed by atoms with E-state index < -0.39 is 0 Å². The number of methoxy groups -OCH3 is 1. The first-order chi connectivity index (χ1) is 6.56. The number of carbonyl (C=O) groups is 1. The summed E-state index contributed by atoms with van der Waals surface area (Å²) < 4.78 is 4.66. The number of hydrogen-bond donors (Lipinski definition) is 0. The van der Waals surface area contributed by atoms with Crippen LogP contribution in [0.4, 0.5) is 0 Å². The Bertz CT molecular complexity index is 171. The number of nitrogens with zero attached hydrogens (tertiary/aromatic N) is 1. The van der Waals surface area contributed by atoms with Crippen molar-refractivity contribution in [3.63, 3.8) is 0 Å². The highest BCUT2D eigenvalue weighted by Gasteiger charge is 2.19. The molecule has 0 bridgehead atoms. The van der Waals surface area contributed by atoms with E-state index in [0.717, 1.165) is 13.0 Å². The van der Waals surface area contributed by atoms with E-state index in [-0.39, 0.29) is 12.0 Å². The fraction of sp³-hybridized carbons (Fsp3) is 0.909. The molecule has 0 amide bonds. The average Bonchev–Trinajstić information content (AvgIpc) is 2.18. The van der Waals surface area contributed by atoms with E-state index in [4.69, 9.17) is 0 Å². The second-order valence-electron chi connectivity index (χ2n) is 3.72. The molecule has 0 aliphatic carbocycles. The van der Waals surface area contributed by atoms with Crippen molar-refractivity contribution in [2.75, 3.05) is 13.7 Å². The van der Waals surface area contributed by atoms with Crippen molar-refractivity contribution in [1.82, 2.24) is 4.90 Å². The van der Waals surface area contributed by atoms with Gasteiger partial charge in [0.2, 0.25) is 0 Å². The molecule has 0 aliphatic heterocycles. The summed E-state index contributed by atoms with van der Waals surface area (Å²) in [5.41, 5.74) is 0. The summed E-state index contributed by atoms with van der Waals surface area (Å²) in [6, 6.07) is 0.794. The van der Waals surface area contributed by atoms with Crippen LogP contribution in [0.1, 0.15) is 40.5 Å². The van der Waals surface area contributed by atoms with E-state index in [0.29, 0.717) is 12.5 Å². The molecule has 0 saturated carbocycles. The van der Waals surface area contributed by atoms with Gasteiger partial charge in [-0.2, -0.15) is 0 Å². The predicted octanol–water partition coefficient (Wildman–Crippen LogP) is 2.06. The minimum atomic E-state index is -0.126. The van der Waals surface area contributed by atoms with Crippen LogP contribution in [0.15, 0.2) is 0 Å². The van der Waals surface area contributed by atoms with Gasteiger partial charge >= 0.3 is 5.97 Å². The third-order valence-corrected chi connectivity index (χ3v) is 2.78. The van der Waals surface area contributed by atoms with Crippen molar-refractivity contribution >= 4 is 5.97 Å². The number of rotatable bonds is 6. The molecule has 3 nitrogen and oxygen atoms in total. The Hall–Kier alpha value is -0.570. The van der Waals surface area contributed by atoms with Crippen LogP contribution in [-0.4, -0.2) is 36.6 Å². The Morgan fingerprint density at radius 1 is 1.29 bits per heavy atom. The molecule has 0 aromatic heterocycles. The molecule has 0 aromatic rings. The van der Waals surface area contributed by atoms with Gasteiger partial charge < -0.3 is 4.74 Å². The predicted molar refractivity (Wildman–Crippen MR) is 58.2 cm³/mol. The zero-order chi connectivity index (χ0) is 11.1. The van der Waals surface area contributed by atoms with Gasteiger partial charge in [-0.15, -0.1) is 0 Å². The summed E-state index contributed by atoms with van der Waals surface area (Å²) in [5, 5.41) is 0. The first-order valence-corrected chi connectivity index (χ1v) is 5.39. The first-order valence-electron chi connectivity index (χ1n) is 5.39. The summed E-state index contributed by atoms with van der Waals surface area (Å²) >= 11 is 0. The standard InChI is InChI=1S/C11H23NO2/c1-6-9(3)12(7-2)10(4)8-11(13)14-5/h9-10H,6-8H2,1-5H3. The molecule has 0 spiro atoms. The molecule has 0 radical (unpaired) electrons. The van der Waals surface area contributed by atoms with E-state index >= 15 is 0 Å². The van der Waals surface area contributed by atoms with Crippen LogP contribution in [0.2, 0.25) is 0 Å². The van der Waals surface area contributed by atoms with Crippen molar-refractivity contribution in [3.05, 3.63) is 0 Å². The molecule has 0 aliphatic rings. The van der Waals surface area contributed by atoms with Gasteiger partial charge in [0, 0.05) is 12.1 Å². The van der Waals surface area contributed by atoms with Crippen LogP contribution in [0.25, 0.3) is 0 Å². The highest BCUT2D eigenvalue weighted by atomic mass is 16.5. The lowest BCUT2D eigenvalue weighted by Crippen LogP contribution is -2.41. The second-order valence-corrected chi connectivity index (χ2v) is 3.72. The van der Waals surface area contributed by atoms with E-state index in [1.807, 2.05) is 0 Å². The van der Waals surface area contributed by atoms with Gasteiger partial charge in [0.25, 0.3) is 0 Å². The fourth-order valence-electron chi connectivity index (χ4n) is 1.73. The minimum absolute atomic E-state index is 0.126. The normalized spacial score (nSPS) is 15.3. The molecule has 2 atom stereocenters. The van der Waals surface area contributed by atoms with Crippen molar-refractivity contribution in [2.24, 2.45) is 0 Å². The smallest absolute Gasteiger partial charge is 0.307 e. The van der Waals surface area contributed by atoms with Crippen molar-refractivity contribution in [1.29, 1.82) is 0 Å². The van der Waals surface area contributed by atoms with Gasteiger partial charge in [0.1, 0.15) is 0 Å². The van der Waals surface area contributed by atoms with Crippen molar-refractivity contribution in [2.45, 2.75) is 52.6 Å². The van der Waals surface area contributed by atoms with Crippen molar-refractivity contribution in [3.8, 4) is 0 Å². The number of carbonyl (C=O) groups excluding carboxylic acids is 1. The third-order valence-electron chi connectivity index (χ3n) is 2.78. The first kappa shape index (κ1) is 13.4. The van der Waals surface area contributed by atoms with Crippen LogP contribution in [0.3, 0.4) is 0 Å². The number of esters is 1. The van der Waals surface area contributed by atoms with Crippen LogP contribution in [0, 0.1) is 0 Å². The molecule has 0 fully saturated rings. The van der Waals surface area contributed by atoms with E-state index in [2.05, 4.69) is 37.3 Å². The Balaban J connectivity index is 4.16. The Labute approximate surface area is 87.4 Å². The number of hydrogen-bond acceptors (Lipinski definition) is 3. The molecule has 0 heterocycles. The maximum Gasteiger partial charge on any atom is 0.307 e. The fourth-order valence-corrected chi connectivity index (χ4v) is 1.73. The summed E-state index contributed by atoms with van der Waals surface area (Å²) in [6.07, 6.45) is 1.59. The molecule has 0 N–H and O–H groups in total. The molecule has 84 valence electrons. The molecule has 0 saturated heterocycles. The number of ether oxygens (including phenoxy) is 1. The monoisotopic (exact) mass is 201 g/mol. The summed E-state index contributed by atoms with van der Waals surface area (Å²) in [4.78, 5) is 13.4. The van der Waals surface area contributed by atoms with Gasteiger partial charge in [-0.05, 0) is 26.8 Å². The van der Waals surface area contributed by atoms with Crippen LogP contribution < -0.4 is 0 Å². The van der Waals surface area contributed by atoms with Gasteiger partial charge in [-0.3, -0.25) is 9.69 Å². The van der Waals surface area contributed by atoms with Crippen LogP contribution in [-0.2, 0) is 9.53 Å². The maximum atomic E-state index is 11.1. The molecule has 3 heteroatoms. The maximum absolute atomic E-state index is 11.1. The Morgan fingerprint density at radius 2 is 1.86 bits per heavy atom. The molecule has 0 rings (SSSR count). The molecule has 0 aromatic carbocycles. The molecule has 2 unspecified atom stereocenters. The van der Waals surface area contributed by atoms with Gasteiger partial charge in [-0.1, -0.05) is 13.8 Å². The van der Waals surface area contributed by atoms with E-state index in [1.54, 1.807) is 0 Å². The van der Waals surface area contributed by atoms with Gasteiger partial charge in [0.05, 0.1) is 13.5 Å². The van der Waals surface area contributed by atoms with Gasteiger partial charge in [-0.25, -0.2) is 0 Å². The summed E-state index contributed by atoms with van der Waals surface area (Å²) in [7, 11) is 1.44. The second kappa shape index (κ2) is 6.82. The molecular weight excluding hydrogens is 178 g/mol. The third kappa shape index (κ3) is 4.09. The minimum Gasteiger partial charge on any atom is -0.469 e. The van der Waals surface area contributed by atoms with Gasteiger partial charge in [0.15, 0.2) is 0 Å². The summed E-state index contributed by atoms with van der Waals surface area (Å²) in [5.74, 6) is -0.126. The molecular formula is C11H23NO2. The topological polar surface area (TPSA) is 29.5 Å². The molecule has 14 heavy (non-hydrogen) atoms. The van der Waals surface area contributed by atoms with Crippen molar-refractivity contribution < 1.29 is 9.53 Å². The Kier molecular flexibility index (Phi) is 6.54. The zero-order valence-corrected chi connectivity index (χ0v) is 10.0. The largest absolute Gasteiger partial charge is 0.469 e. The zero-order valence-electron chi connectivity index (χ0n) is 10.0. The van der Waals surface area contributed by atoms with Crippen LogP contribution >= 0.6 is 0 Å². The summed E-state index contributed by atoms with van der Waals surface area (Å²) in [6.45, 7) is 9.54. The van der Waals surface area contributed by atoms with E-state index in [1.165, 1.54) is 7.11 Å². The highest BCUT2D eigenvalue weighted by Crippen LogP contribution is 2.11. The SMILES string of the molecule is CCC(C)N(CC)C(C)CC(=O)OC. The quantitative estimate of drug-likeness (QED) is 0.616. The lowest BCUT2D eigenvalue weighted by atomic mass is 10.1. The lowest BCUT2D eigenvalue weighted by molar-refractivity contribution is -0.142. The van der Waals surface area contributed by atoms with E-state index in [9.17, 15) is 4.79 Å². The average molecular weight is 201 g/mol. The Morgan fingerprint density at radius 3 is 2.21 bits per heavy atom.